The van der Waals surface area contributed by atoms with E-state index < -0.39 is 8.07 Å². The van der Waals surface area contributed by atoms with Gasteiger partial charge in [0, 0.05) is 11.8 Å². The summed E-state index contributed by atoms with van der Waals surface area (Å²) in [6.45, 7) is 23.5. The molecule has 2 aliphatic rings. The molecule has 0 amide bonds. The van der Waals surface area contributed by atoms with Crippen molar-refractivity contribution < 1.29 is 0 Å². The molecule has 0 atom stereocenters. The molecule has 0 nitrogen and oxygen atoms in total. The first-order valence-corrected chi connectivity index (χ1v) is 11.0. The highest BCUT2D eigenvalue weighted by Gasteiger charge is 2.43. The Hall–Kier alpha value is -0.823. The van der Waals surface area contributed by atoms with Gasteiger partial charge in [-0.25, -0.2) is 0 Å². The minimum absolute atomic E-state index is 1.50. The number of hydrogen-bond acceptors (Lipinski definition) is 0. The van der Waals surface area contributed by atoms with Crippen LogP contribution in [0.3, 0.4) is 0 Å². The monoisotopic (exact) mass is 298 g/mol. The number of hydrogen-bond donors (Lipinski definition) is 0. The Bertz CT molecular complexity index is 566. The second-order valence-electron chi connectivity index (χ2n) is 7.38. The molecule has 0 heterocycles. The largest absolute Gasteiger partial charge is 0.106 e. The summed E-state index contributed by atoms with van der Waals surface area (Å²) in [7, 11) is -1.65. The fraction of sp³-hybridized carbons (Fsp3) is 0.500. The van der Waals surface area contributed by atoms with Crippen LogP contribution in [0.2, 0.25) is 13.1 Å². The first-order chi connectivity index (χ1) is 9.53. The van der Waals surface area contributed by atoms with Crippen LogP contribution < -0.4 is 0 Å². The van der Waals surface area contributed by atoms with E-state index in [2.05, 4.69) is 68.5 Å². The molecule has 0 bridgehead atoms. The van der Waals surface area contributed by atoms with Crippen LogP contribution in [0.15, 0.2) is 43.8 Å². The van der Waals surface area contributed by atoms with Gasteiger partial charge in [0.15, 0.2) is 0 Å². The maximum absolute atomic E-state index is 2.54. The van der Waals surface area contributed by atoms with Crippen molar-refractivity contribution in [3.8, 4) is 0 Å². The van der Waals surface area contributed by atoms with Crippen molar-refractivity contribution in [2.75, 3.05) is 0 Å². The maximum atomic E-state index is 2.54. The van der Waals surface area contributed by atoms with Crippen molar-refractivity contribution in [3.63, 3.8) is 0 Å². The summed E-state index contributed by atoms with van der Waals surface area (Å²) in [6, 6.07) is 0. The molecule has 0 saturated carbocycles. The molecule has 0 aromatic heterocycles. The van der Waals surface area contributed by atoms with Gasteiger partial charge in [-0.05, 0) is 52.7 Å². The van der Waals surface area contributed by atoms with Crippen molar-refractivity contribution >= 4 is 8.07 Å². The second kappa shape index (κ2) is 5.12. The average molecular weight is 299 g/mol. The van der Waals surface area contributed by atoms with Crippen LogP contribution in [0.5, 0.6) is 0 Å². The summed E-state index contributed by atoms with van der Waals surface area (Å²) < 4.78 is 0. The third-order valence-electron chi connectivity index (χ3n) is 6.12. The van der Waals surface area contributed by atoms with Crippen molar-refractivity contribution in [1.82, 2.24) is 0 Å². The van der Waals surface area contributed by atoms with Gasteiger partial charge in [0.25, 0.3) is 0 Å². The average Bonchev–Trinajstić information content (AvgIpc) is 2.72. The molecule has 0 aromatic rings. The fourth-order valence-electron chi connectivity index (χ4n) is 4.44. The standard InChI is InChI=1S/C20H30Si/c1-11-12(2)16(6)19(15(11)5)21(9,10)20-17(7)13(3)14(4)18(20)8/h1-10H3. The van der Waals surface area contributed by atoms with Gasteiger partial charge in [-0.15, -0.1) is 0 Å². The predicted octanol–water partition coefficient (Wildman–Crippen LogP) is 6.29. The van der Waals surface area contributed by atoms with Crippen LogP contribution in [-0.2, 0) is 0 Å². The van der Waals surface area contributed by atoms with Crippen LogP contribution in [0.1, 0.15) is 55.4 Å². The minimum atomic E-state index is -1.65. The van der Waals surface area contributed by atoms with Gasteiger partial charge in [-0.3, -0.25) is 0 Å². The lowest BCUT2D eigenvalue weighted by atomic mass is 10.0. The molecule has 114 valence electrons. The molecular formula is C20H30Si. The summed E-state index contributed by atoms with van der Waals surface area (Å²) >= 11 is 0. The fourth-order valence-corrected chi connectivity index (χ4v) is 9.19. The van der Waals surface area contributed by atoms with Gasteiger partial charge in [0.05, 0.1) is 0 Å². The second-order valence-corrected chi connectivity index (χ2v) is 11.6. The first kappa shape index (κ1) is 16.5. The summed E-state index contributed by atoms with van der Waals surface area (Å²) in [5.74, 6) is 3.08. The smallest absolute Gasteiger partial charge is 0.0624 e. The summed E-state index contributed by atoms with van der Waals surface area (Å²) in [5, 5.41) is 3.35. The maximum Gasteiger partial charge on any atom is 0.106 e. The zero-order chi connectivity index (χ0) is 16.3. The molecule has 0 aromatic carbocycles. The Morgan fingerprint density at radius 3 is 0.905 bits per heavy atom. The number of rotatable bonds is 2. The highest BCUT2D eigenvalue weighted by Crippen LogP contribution is 2.50. The summed E-state index contributed by atoms with van der Waals surface area (Å²) in [6.07, 6.45) is 0. The highest BCUT2D eigenvalue weighted by molar-refractivity contribution is 6.92. The van der Waals surface area contributed by atoms with Crippen molar-refractivity contribution in [1.29, 1.82) is 0 Å². The molecule has 0 fully saturated rings. The van der Waals surface area contributed by atoms with E-state index in [1.165, 1.54) is 45.3 Å². The lowest BCUT2D eigenvalue weighted by Gasteiger charge is -2.34. The molecule has 1 heteroatoms. The SMILES string of the molecule is C[C]1C(C)=C(C)C(C)=C1[Si](C)(C)C1=C(C)C(C)=C(C)[C]1C. The Morgan fingerprint density at radius 2 is 0.714 bits per heavy atom. The lowest BCUT2D eigenvalue weighted by Crippen LogP contribution is -2.37. The molecule has 2 aliphatic carbocycles. The quantitative estimate of drug-likeness (QED) is 0.525. The van der Waals surface area contributed by atoms with Crippen molar-refractivity contribution in [3.05, 3.63) is 55.7 Å². The molecule has 0 unspecified atom stereocenters. The van der Waals surface area contributed by atoms with Gasteiger partial charge in [0.1, 0.15) is 8.07 Å². The number of allylic oxidation sites excluding steroid dienone is 8. The van der Waals surface area contributed by atoms with Crippen LogP contribution in [0, 0.1) is 11.8 Å². The van der Waals surface area contributed by atoms with E-state index in [-0.39, 0.29) is 0 Å². The molecule has 0 spiro atoms. The van der Waals surface area contributed by atoms with Gasteiger partial charge >= 0.3 is 0 Å². The molecule has 0 N–H and O–H groups in total. The Morgan fingerprint density at radius 1 is 0.429 bits per heavy atom. The van der Waals surface area contributed by atoms with E-state index in [4.69, 9.17) is 0 Å². The van der Waals surface area contributed by atoms with Gasteiger partial charge in [-0.2, -0.15) is 0 Å². The van der Waals surface area contributed by atoms with Crippen LogP contribution in [0.25, 0.3) is 0 Å². The normalized spacial score (nSPS) is 22.6. The lowest BCUT2D eigenvalue weighted by molar-refractivity contribution is 1.16. The minimum Gasteiger partial charge on any atom is -0.0624 e. The molecular weight excluding hydrogens is 268 g/mol. The van der Waals surface area contributed by atoms with E-state index in [0.717, 1.165) is 0 Å². The van der Waals surface area contributed by atoms with Gasteiger partial charge in [0.2, 0.25) is 0 Å². The van der Waals surface area contributed by atoms with Crippen molar-refractivity contribution in [2.24, 2.45) is 0 Å². The van der Waals surface area contributed by atoms with E-state index in [9.17, 15) is 0 Å². The van der Waals surface area contributed by atoms with Crippen LogP contribution in [-0.4, -0.2) is 8.07 Å². The zero-order valence-corrected chi connectivity index (χ0v) is 16.5. The predicted molar refractivity (Wildman–Crippen MR) is 97.5 cm³/mol. The van der Waals surface area contributed by atoms with Crippen molar-refractivity contribution in [2.45, 2.75) is 68.5 Å². The Labute approximate surface area is 132 Å². The molecule has 0 saturated heterocycles. The molecule has 0 aliphatic heterocycles. The van der Waals surface area contributed by atoms with E-state index in [1.807, 2.05) is 0 Å². The highest BCUT2D eigenvalue weighted by atomic mass is 28.3. The van der Waals surface area contributed by atoms with E-state index in [1.54, 1.807) is 10.4 Å². The third-order valence-corrected chi connectivity index (χ3v) is 10.1. The zero-order valence-electron chi connectivity index (χ0n) is 15.5. The summed E-state index contributed by atoms with van der Waals surface area (Å²) in [4.78, 5) is 0. The Kier molecular flexibility index (Phi) is 4.03. The van der Waals surface area contributed by atoms with Crippen LogP contribution in [0.4, 0.5) is 0 Å². The Balaban J connectivity index is 2.57. The molecule has 2 rings (SSSR count). The first-order valence-electron chi connectivity index (χ1n) is 8.00. The van der Waals surface area contributed by atoms with Crippen LogP contribution >= 0.6 is 0 Å². The molecule has 2 radical (unpaired) electrons. The van der Waals surface area contributed by atoms with E-state index >= 15 is 0 Å². The molecule has 21 heavy (non-hydrogen) atoms. The summed E-state index contributed by atoms with van der Waals surface area (Å²) in [5.41, 5.74) is 9.07. The topological polar surface area (TPSA) is 0 Å². The van der Waals surface area contributed by atoms with Gasteiger partial charge < -0.3 is 0 Å². The van der Waals surface area contributed by atoms with E-state index in [0.29, 0.717) is 0 Å². The third kappa shape index (κ3) is 2.16. The van der Waals surface area contributed by atoms with Gasteiger partial charge in [-0.1, -0.05) is 59.6 Å².